The second-order valence-corrected chi connectivity index (χ2v) is 46.2. The highest BCUT2D eigenvalue weighted by atomic mass is 35.6. The molecule has 0 unspecified atom stereocenters. The number of hydrogen-bond acceptors (Lipinski definition) is 18. The van der Waals surface area contributed by atoms with Crippen LogP contribution in [0.4, 0.5) is 0 Å². The predicted molar refractivity (Wildman–Crippen MR) is 343 cm³/mol. The second-order valence-electron chi connectivity index (χ2n) is 27.8. The van der Waals surface area contributed by atoms with Crippen molar-refractivity contribution in [2.45, 2.75) is 306 Å². The molecule has 8 rings (SSSR count). The fourth-order valence-corrected chi connectivity index (χ4v) is 12.4. The van der Waals surface area contributed by atoms with Crippen LogP contribution >= 0.6 is 11.1 Å². The average molecular weight is 1270 g/mol. The summed E-state index contributed by atoms with van der Waals surface area (Å²) in [6, 6.07) is 6.59. The van der Waals surface area contributed by atoms with Crippen LogP contribution in [0.3, 0.4) is 0 Å². The van der Waals surface area contributed by atoms with Crippen LogP contribution in [0, 0.1) is 0 Å². The predicted octanol–water partition coefficient (Wildman–Crippen LogP) is 13.3. The van der Waals surface area contributed by atoms with Gasteiger partial charge in [-0.1, -0.05) is 75.4 Å². The van der Waals surface area contributed by atoms with E-state index in [0.29, 0.717) is 53.2 Å². The van der Waals surface area contributed by atoms with Gasteiger partial charge in [-0.15, -0.1) is 0 Å². The van der Waals surface area contributed by atoms with Crippen LogP contribution in [0.2, 0.25) is 54.4 Å². The topological polar surface area (TPSA) is 248 Å². The summed E-state index contributed by atoms with van der Waals surface area (Å²) in [5.41, 5.74) is 0. The van der Waals surface area contributed by atoms with Crippen molar-refractivity contribution >= 4 is 45.2 Å². The quantitative estimate of drug-likeness (QED) is 0.0747. The molecule has 5 fully saturated rings. The first-order chi connectivity index (χ1) is 38.9. The van der Waals surface area contributed by atoms with Gasteiger partial charge in [0.15, 0.2) is 24.0 Å². The second kappa shape index (κ2) is 35.4. The summed E-state index contributed by atoms with van der Waals surface area (Å²) in [6.07, 6.45) is 29.0. The van der Waals surface area contributed by atoms with Crippen LogP contribution in [-0.2, 0) is 23.2 Å². The van der Waals surface area contributed by atoms with E-state index in [0.717, 1.165) is 122 Å². The van der Waals surface area contributed by atoms with Crippen LogP contribution in [0.1, 0.15) is 191 Å². The number of aliphatic hydroxyl groups is 4. The number of halogens is 1. The van der Waals surface area contributed by atoms with Gasteiger partial charge in [-0.05, 0) is 188 Å². The minimum Gasteiger partial charge on any atom is -0.460 e. The van der Waals surface area contributed by atoms with E-state index in [2.05, 4.69) is 131 Å². The lowest BCUT2D eigenvalue weighted by Crippen LogP contribution is -2.45. The molecule has 3 heterocycles. The SMILES string of the molecule is CC(C)(C)[Si](C)(C)Cl.CC(C)(C)[Si](C)(C)OC1CCC(O)CC1.CC(C)(C)[Si](C)(C)OC1CCC(Oc2ncccn2)CC1.CS(=O)(=O)OC1CCC(Oc2ncccn2)CC1.OC1CCC(O)CC1.OC1CCC(Oc2ncccn2)CC1. The Morgan fingerprint density at radius 2 is 0.595 bits per heavy atom. The maximum Gasteiger partial charge on any atom is 0.316 e. The Morgan fingerprint density at radius 1 is 0.393 bits per heavy atom. The van der Waals surface area contributed by atoms with Crippen LogP contribution in [0.5, 0.6) is 18.0 Å². The number of rotatable bonds is 12. The molecule has 4 N–H and O–H groups in total. The van der Waals surface area contributed by atoms with Crippen molar-refractivity contribution < 1.29 is 56.1 Å². The number of nitrogens with zero attached hydrogens (tertiary/aromatic N) is 6. The maximum atomic E-state index is 11.0. The summed E-state index contributed by atoms with van der Waals surface area (Å²) in [7, 11) is -8.00. The van der Waals surface area contributed by atoms with Crippen molar-refractivity contribution in [2.24, 2.45) is 0 Å². The summed E-state index contributed by atoms with van der Waals surface area (Å²) < 4.78 is 56.8. The lowest BCUT2D eigenvalue weighted by molar-refractivity contribution is 0.0541. The van der Waals surface area contributed by atoms with Gasteiger partial charge in [-0.3, -0.25) is 4.18 Å². The number of hydrogen-bond donors (Lipinski definition) is 4. The first kappa shape index (κ1) is 75.5. The van der Waals surface area contributed by atoms with E-state index in [4.69, 9.17) is 48.5 Å². The molecule has 5 saturated carbocycles. The molecule has 5 aliphatic carbocycles. The largest absolute Gasteiger partial charge is 0.460 e. The Kier molecular flexibility index (Phi) is 31.9. The van der Waals surface area contributed by atoms with E-state index in [1.807, 2.05) is 0 Å². The Bertz CT molecular complexity index is 2290. The molecule has 3 aromatic heterocycles. The van der Waals surface area contributed by atoms with Crippen LogP contribution in [0.25, 0.3) is 0 Å². The van der Waals surface area contributed by atoms with Crippen LogP contribution < -0.4 is 14.2 Å². The first-order valence-electron chi connectivity index (χ1n) is 30.9. The third-order valence-corrected chi connectivity index (χ3v) is 32.2. The van der Waals surface area contributed by atoms with Gasteiger partial charge in [0, 0.05) is 49.4 Å². The summed E-state index contributed by atoms with van der Waals surface area (Å²) in [4.78, 5) is 24.2. The highest BCUT2D eigenvalue weighted by Gasteiger charge is 2.41. The van der Waals surface area contributed by atoms with Crippen molar-refractivity contribution in [3.8, 4) is 18.0 Å². The van der Waals surface area contributed by atoms with E-state index in [1.54, 1.807) is 55.4 Å². The van der Waals surface area contributed by atoms with Crippen molar-refractivity contribution in [3.05, 3.63) is 55.4 Å². The fraction of sp³-hybridized carbons (Fsp3) is 0.803. The minimum atomic E-state index is -3.37. The molecule has 18 nitrogen and oxygen atoms in total. The monoisotopic (exact) mass is 1270 g/mol. The molecular formula is C61H111ClN6O12SSi3. The van der Waals surface area contributed by atoms with Crippen LogP contribution in [-0.4, -0.2) is 150 Å². The lowest BCUT2D eigenvalue weighted by Gasteiger charge is -2.41. The van der Waals surface area contributed by atoms with Crippen molar-refractivity contribution in [3.63, 3.8) is 0 Å². The average Bonchev–Trinajstić information content (AvgIpc) is 3.23. The number of aliphatic hydroxyl groups excluding tert-OH is 4. The maximum absolute atomic E-state index is 11.0. The highest BCUT2D eigenvalue weighted by molar-refractivity contribution is 7.86. The zero-order valence-electron chi connectivity index (χ0n) is 54.1. The van der Waals surface area contributed by atoms with Gasteiger partial charge in [0.2, 0.25) is 0 Å². The molecule has 0 spiro atoms. The Balaban J connectivity index is 0.000000272. The highest BCUT2D eigenvalue weighted by Crippen LogP contribution is 2.41. The van der Waals surface area contributed by atoms with Gasteiger partial charge in [0.05, 0.1) is 36.8 Å². The molecule has 0 radical (unpaired) electrons. The number of aromatic nitrogens is 6. The van der Waals surface area contributed by atoms with Gasteiger partial charge in [-0.25, -0.2) is 29.9 Å². The molecule has 0 saturated heterocycles. The number of ether oxygens (including phenoxy) is 3. The molecule has 0 amide bonds. The molecule has 3 aromatic rings. The van der Waals surface area contributed by atoms with E-state index in [-0.39, 0.29) is 53.9 Å². The fourth-order valence-electron chi connectivity index (χ4n) is 8.82. The summed E-state index contributed by atoms with van der Waals surface area (Å²) in [6.45, 7) is 33.9. The molecule has 0 aliphatic heterocycles. The van der Waals surface area contributed by atoms with E-state index in [1.165, 1.54) is 0 Å². The summed E-state index contributed by atoms with van der Waals surface area (Å²) >= 11 is 6.15. The Hall–Kier alpha value is -2.75. The van der Waals surface area contributed by atoms with Crippen molar-refractivity contribution in [2.75, 3.05) is 6.26 Å². The molecule has 482 valence electrons. The van der Waals surface area contributed by atoms with Crippen molar-refractivity contribution in [1.82, 2.24) is 29.9 Å². The molecule has 0 aromatic carbocycles. The molecular weight excluding hydrogens is 1160 g/mol. The van der Waals surface area contributed by atoms with Crippen LogP contribution in [0.15, 0.2) is 55.4 Å². The van der Waals surface area contributed by atoms with E-state index >= 15 is 0 Å². The zero-order chi connectivity index (χ0) is 63.0. The van der Waals surface area contributed by atoms with E-state index in [9.17, 15) is 18.6 Å². The molecule has 0 atom stereocenters. The third kappa shape index (κ3) is 30.9. The minimum absolute atomic E-state index is 0.0341. The van der Waals surface area contributed by atoms with Gasteiger partial charge >= 0.3 is 18.0 Å². The van der Waals surface area contributed by atoms with E-state index < -0.39 is 34.1 Å². The van der Waals surface area contributed by atoms with Gasteiger partial charge in [0.1, 0.15) is 18.3 Å². The van der Waals surface area contributed by atoms with Gasteiger partial charge in [-0.2, -0.15) is 19.5 Å². The zero-order valence-corrected chi connectivity index (χ0v) is 58.7. The summed E-state index contributed by atoms with van der Waals surface area (Å²) in [5, 5.41) is 37.5. The molecule has 84 heavy (non-hydrogen) atoms. The Morgan fingerprint density at radius 3 is 0.821 bits per heavy atom. The molecule has 5 aliphatic rings. The Labute approximate surface area is 514 Å². The molecule has 0 bridgehead atoms. The first-order valence-corrected chi connectivity index (χ1v) is 42.5. The normalized spacial score (nSPS) is 26.2. The third-order valence-electron chi connectivity index (χ3n) is 17.3. The lowest BCUT2D eigenvalue weighted by atomic mass is 9.95. The smallest absolute Gasteiger partial charge is 0.316 e. The molecule has 23 heteroatoms. The summed E-state index contributed by atoms with van der Waals surface area (Å²) in [5.74, 6) is 0. The van der Waals surface area contributed by atoms with Gasteiger partial charge in [0.25, 0.3) is 10.1 Å². The standard InChI is InChI=1S/C16H28N2O2Si.C12H26O2Si.C11H16N2O4S.C10H14N2O2.C6H15ClSi.C6H12O2/c1-16(2,3)21(4,5)20-14-9-7-13(8-10-14)19-15-17-11-6-12-18-15;1-12(2,3)15(4,5)14-11-8-6-10(13)7-9-11;1-18(14,15)17-10-5-3-9(4-6-10)16-11-12-7-2-8-13-11;13-8-2-4-9(5-3-8)14-10-11-6-1-7-12-10;1-6(2,3)8(4,5)7;7-5-1-2-6(8)4-3-5/h6,11-14H,7-10H2,1-5H3;10-11,13H,6-9H2,1-5H3;2,7-10H,3-6H2,1H3;1,6-9,13H,2-5H2;1-5H3;5-8H,1-4H2. The van der Waals surface area contributed by atoms with Gasteiger partial charge < -0.3 is 43.5 Å². The van der Waals surface area contributed by atoms with Crippen molar-refractivity contribution in [1.29, 1.82) is 0 Å².